The number of rotatable bonds is 16. The third-order valence-electron chi connectivity index (χ3n) is 15.1. The van der Waals surface area contributed by atoms with Gasteiger partial charge in [0, 0.05) is 87.4 Å². The van der Waals surface area contributed by atoms with Crippen LogP contribution in [-0.2, 0) is 24.0 Å². The van der Waals surface area contributed by atoms with E-state index in [2.05, 4.69) is 103 Å². The molecule has 0 spiro atoms. The molecular weight excluding hydrogens is 1220 g/mol. The molecule has 0 fully saturated rings. The Balaban J connectivity index is 0.000000157. The molecule has 0 atom stereocenters. The fraction of sp³-hybridized carbons (Fsp3) is 0.158. The van der Waals surface area contributed by atoms with Gasteiger partial charge in [0.1, 0.15) is 65.4 Å². The Morgan fingerprint density at radius 2 is 0.907 bits per heavy atom. The lowest BCUT2D eigenvalue weighted by Gasteiger charge is -2.15. The summed E-state index contributed by atoms with van der Waals surface area (Å²) in [6, 6.07) is 59.3. The van der Waals surface area contributed by atoms with Crippen molar-refractivity contribution in [3.63, 3.8) is 0 Å². The number of hydrogen-bond donors (Lipinski definition) is 6. The highest BCUT2D eigenvalue weighted by molar-refractivity contribution is 6.07. The molecule has 0 unspecified atom stereocenters. The van der Waals surface area contributed by atoms with Crippen molar-refractivity contribution in [2.24, 2.45) is 0 Å². The SMILES string of the molecule is Cc1ccc(-n2nc(C(C)(C)C)cc2NC(=O)Nc2ccc(OCc3ccnc(Nc4cnccn4)c3)c3ccccc23)cc1.Cc1ccc(-n2nc(C(C)(C)C)cc2NC(=O)Oc2ccccc2)cc1.Nc1ccc(OCc2ccnc(Nc3cnccn3)c2)c2ccccc12. The second-order valence-corrected chi connectivity index (χ2v) is 24.7. The molecule has 13 rings (SSSR count). The lowest BCUT2D eigenvalue weighted by atomic mass is 9.92. The highest BCUT2D eigenvalue weighted by Crippen LogP contribution is 2.35. The molecule has 7 N–H and O–H groups in total. The van der Waals surface area contributed by atoms with Crippen molar-refractivity contribution in [2.75, 3.05) is 32.3 Å². The molecule has 0 aliphatic heterocycles. The molecular formula is C76H74N16O5. The number of amides is 3. The molecule has 0 saturated carbocycles. The topological polar surface area (TPSA) is 261 Å². The summed E-state index contributed by atoms with van der Waals surface area (Å²) < 4.78 is 21.1. The predicted octanol–water partition coefficient (Wildman–Crippen LogP) is 16.8. The first kappa shape index (κ1) is 66.0. The maximum absolute atomic E-state index is 13.4. The van der Waals surface area contributed by atoms with Gasteiger partial charge in [-0.2, -0.15) is 10.2 Å². The van der Waals surface area contributed by atoms with E-state index in [0.29, 0.717) is 65.3 Å². The van der Waals surface area contributed by atoms with E-state index >= 15 is 0 Å². The Labute approximate surface area is 562 Å². The van der Waals surface area contributed by atoms with Gasteiger partial charge in [-0.15, -0.1) is 0 Å². The zero-order valence-electron chi connectivity index (χ0n) is 55.0. The number of para-hydroxylation sites is 1. The minimum atomic E-state index is -0.551. The quantitative estimate of drug-likeness (QED) is 0.0491. The maximum Gasteiger partial charge on any atom is 0.418 e. The number of ether oxygens (including phenoxy) is 3. The molecule has 97 heavy (non-hydrogen) atoms. The number of pyridine rings is 2. The molecule has 21 heteroatoms. The van der Waals surface area contributed by atoms with Gasteiger partial charge in [-0.05, 0) is 110 Å². The molecule has 0 aliphatic carbocycles. The smallest absolute Gasteiger partial charge is 0.418 e. The average molecular weight is 1290 g/mol. The minimum absolute atomic E-state index is 0.143. The molecule has 7 aromatic carbocycles. The van der Waals surface area contributed by atoms with E-state index in [0.717, 1.165) is 78.0 Å². The van der Waals surface area contributed by atoms with Crippen LogP contribution in [0.5, 0.6) is 17.2 Å². The van der Waals surface area contributed by atoms with Crippen molar-refractivity contribution < 1.29 is 23.8 Å². The number of nitrogens with one attached hydrogen (secondary N) is 5. The van der Waals surface area contributed by atoms with Crippen LogP contribution in [0.15, 0.2) is 238 Å². The van der Waals surface area contributed by atoms with Gasteiger partial charge >= 0.3 is 12.1 Å². The molecule has 3 amide bonds. The molecule has 6 aromatic heterocycles. The normalized spacial score (nSPS) is 11.1. The van der Waals surface area contributed by atoms with Crippen LogP contribution in [0.1, 0.15) is 75.2 Å². The van der Waals surface area contributed by atoms with E-state index in [-0.39, 0.29) is 16.9 Å². The number of benzene rings is 7. The summed E-state index contributed by atoms with van der Waals surface area (Å²) in [4.78, 5) is 50.8. The Morgan fingerprint density at radius 1 is 0.454 bits per heavy atom. The number of hydrogen-bond acceptors (Lipinski definition) is 16. The summed E-state index contributed by atoms with van der Waals surface area (Å²) in [6.07, 6.45) is 12.7. The van der Waals surface area contributed by atoms with E-state index in [1.165, 1.54) is 0 Å². The Hall–Kier alpha value is -12.5. The van der Waals surface area contributed by atoms with Crippen LogP contribution in [0.4, 0.5) is 55.9 Å². The maximum atomic E-state index is 13.4. The summed E-state index contributed by atoms with van der Waals surface area (Å²) in [6.45, 7) is 17.4. The zero-order chi connectivity index (χ0) is 67.9. The largest absolute Gasteiger partial charge is 0.488 e. The molecule has 6 heterocycles. The standard InChI is InChI=1S/C35H34N8O2.C21H23N3O2.C20H17N5O/c1-23-9-11-25(12-10-23)43-33(20-30(42-43)35(2,3)4)41-34(44)39-28-13-14-29(27-8-6-5-7-26(27)28)45-22-24-15-16-37-31(19-24)40-32-21-36-17-18-38-32;1-15-10-12-16(13-11-15)24-19(14-18(23-24)21(2,3)4)22-20(25)26-17-8-6-5-7-9-17;21-17-5-6-18(16-4-2-1-3-15(16)17)26-13-14-7-8-23-19(11-14)25-20-12-22-9-10-24-20/h5-21H,22H2,1-4H3,(H,37,38,40)(H2,39,41,44);5-14H,1-4H3,(H,22,25);1-12H,13,21H2,(H,23,24,25). The summed E-state index contributed by atoms with van der Waals surface area (Å²) in [5.74, 6) is 5.72. The Bertz CT molecular complexity index is 4810. The van der Waals surface area contributed by atoms with Gasteiger partial charge in [-0.25, -0.2) is 38.9 Å². The van der Waals surface area contributed by atoms with Crippen LogP contribution >= 0.6 is 0 Å². The summed E-state index contributed by atoms with van der Waals surface area (Å²) in [5.41, 5.74) is 14.8. The summed E-state index contributed by atoms with van der Waals surface area (Å²) >= 11 is 0. The van der Waals surface area contributed by atoms with E-state index < -0.39 is 6.09 Å². The predicted molar refractivity (Wildman–Crippen MR) is 383 cm³/mol. The molecule has 0 radical (unpaired) electrons. The summed E-state index contributed by atoms with van der Waals surface area (Å²) in [5, 5.41) is 28.3. The van der Waals surface area contributed by atoms with Crippen LogP contribution in [0.2, 0.25) is 0 Å². The first-order chi connectivity index (χ1) is 46.8. The highest BCUT2D eigenvalue weighted by Gasteiger charge is 2.24. The van der Waals surface area contributed by atoms with Crippen molar-refractivity contribution in [3.8, 4) is 28.6 Å². The Kier molecular flexibility index (Phi) is 20.4. The number of carbonyl (C=O) groups excluding carboxylic acids is 2. The number of urea groups is 1. The van der Waals surface area contributed by atoms with Gasteiger partial charge in [0.25, 0.3) is 0 Å². The molecule has 21 nitrogen and oxygen atoms in total. The van der Waals surface area contributed by atoms with E-state index in [1.807, 2.05) is 190 Å². The van der Waals surface area contributed by atoms with Gasteiger partial charge in [-0.3, -0.25) is 20.6 Å². The molecule has 488 valence electrons. The van der Waals surface area contributed by atoms with Crippen molar-refractivity contribution in [2.45, 2.75) is 79.4 Å². The third kappa shape index (κ3) is 17.6. The van der Waals surface area contributed by atoms with Crippen LogP contribution in [0.3, 0.4) is 0 Å². The van der Waals surface area contributed by atoms with Crippen LogP contribution in [-0.4, -0.2) is 61.6 Å². The van der Waals surface area contributed by atoms with Crippen molar-refractivity contribution in [1.29, 1.82) is 0 Å². The fourth-order valence-corrected chi connectivity index (χ4v) is 9.94. The van der Waals surface area contributed by atoms with Crippen molar-refractivity contribution in [3.05, 3.63) is 271 Å². The molecule has 0 bridgehead atoms. The minimum Gasteiger partial charge on any atom is -0.488 e. The van der Waals surface area contributed by atoms with E-state index in [9.17, 15) is 9.59 Å². The number of anilines is 8. The van der Waals surface area contributed by atoms with Crippen molar-refractivity contribution in [1.82, 2.24) is 49.5 Å². The van der Waals surface area contributed by atoms with E-state index in [1.54, 1.807) is 71.1 Å². The number of carbonyl (C=O) groups is 2. The van der Waals surface area contributed by atoms with Crippen LogP contribution < -0.4 is 46.5 Å². The van der Waals surface area contributed by atoms with Crippen LogP contribution in [0, 0.1) is 13.8 Å². The zero-order valence-corrected chi connectivity index (χ0v) is 55.0. The fourth-order valence-electron chi connectivity index (χ4n) is 9.94. The Morgan fingerprint density at radius 3 is 1.40 bits per heavy atom. The summed E-state index contributed by atoms with van der Waals surface area (Å²) in [7, 11) is 0. The second-order valence-electron chi connectivity index (χ2n) is 24.7. The second kappa shape index (κ2) is 30.0. The van der Waals surface area contributed by atoms with Gasteiger partial charge < -0.3 is 35.9 Å². The first-order valence-electron chi connectivity index (χ1n) is 31.3. The number of aryl methyl sites for hydroxylation is 2. The van der Waals surface area contributed by atoms with Gasteiger partial charge in [-0.1, -0.05) is 144 Å². The number of nitrogen functional groups attached to an aromatic ring is 1. The number of fused-ring (bicyclic) bond motifs is 2. The van der Waals surface area contributed by atoms with Gasteiger partial charge in [0.15, 0.2) is 0 Å². The van der Waals surface area contributed by atoms with Crippen LogP contribution in [0.25, 0.3) is 32.9 Å². The lowest BCUT2D eigenvalue weighted by Crippen LogP contribution is -2.21. The molecule has 0 saturated heterocycles. The van der Waals surface area contributed by atoms with Gasteiger partial charge in [0.2, 0.25) is 0 Å². The molecule has 0 aliphatic rings. The average Bonchev–Trinajstić information content (AvgIpc) is 1.77. The van der Waals surface area contributed by atoms with Crippen molar-refractivity contribution >= 4 is 80.0 Å². The third-order valence-corrected chi connectivity index (χ3v) is 15.1. The number of nitrogens with two attached hydrogens (primary N) is 1. The first-order valence-corrected chi connectivity index (χ1v) is 31.3. The van der Waals surface area contributed by atoms with E-state index in [4.69, 9.17) is 25.0 Å². The lowest BCUT2D eigenvalue weighted by molar-refractivity contribution is 0.215. The monoisotopic (exact) mass is 1290 g/mol. The molecule has 13 aromatic rings. The number of nitrogens with zero attached hydrogens (tertiary/aromatic N) is 10. The number of aromatic nitrogens is 10. The highest BCUT2D eigenvalue weighted by atomic mass is 16.6. The van der Waals surface area contributed by atoms with Gasteiger partial charge in [0.05, 0.1) is 40.8 Å².